The Hall–Kier alpha value is -3.75. The van der Waals surface area contributed by atoms with E-state index in [4.69, 9.17) is 13.9 Å². The van der Waals surface area contributed by atoms with Gasteiger partial charge in [0.2, 0.25) is 18.1 Å². The summed E-state index contributed by atoms with van der Waals surface area (Å²) < 4.78 is 17.9. The van der Waals surface area contributed by atoms with Crippen molar-refractivity contribution < 1.29 is 23.5 Å². The Balaban J connectivity index is 1.63. The molecular formula is C24H27N3O6. The Bertz CT molecular complexity index is 1230. The molecule has 0 saturated carbocycles. The fraction of sp³-hybridized carbons (Fsp3) is 0.375. The number of fused-ring (bicyclic) bond motifs is 2. The topological polar surface area (TPSA) is 112 Å². The molecule has 2 atom stereocenters. The van der Waals surface area contributed by atoms with Crippen LogP contribution in [0.2, 0.25) is 0 Å². The molecule has 3 heterocycles. The van der Waals surface area contributed by atoms with E-state index in [1.165, 1.54) is 12.5 Å². The minimum Gasteiger partial charge on any atom is -0.467 e. The molecule has 0 bridgehead atoms. The highest BCUT2D eigenvalue weighted by molar-refractivity contribution is 6.00. The first-order valence-electron chi connectivity index (χ1n) is 11.0. The Morgan fingerprint density at radius 1 is 1.18 bits per heavy atom. The van der Waals surface area contributed by atoms with Crippen molar-refractivity contribution in [3.05, 3.63) is 58.3 Å². The molecule has 1 aliphatic heterocycles. The number of aryl methyl sites for hydroxylation is 1. The van der Waals surface area contributed by atoms with Crippen molar-refractivity contribution in [3.63, 3.8) is 0 Å². The van der Waals surface area contributed by atoms with E-state index in [0.29, 0.717) is 41.1 Å². The van der Waals surface area contributed by atoms with Crippen molar-refractivity contribution in [3.8, 4) is 11.5 Å². The second-order valence-corrected chi connectivity index (χ2v) is 8.01. The number of hydrogen-bond donors (Lipinski definition) is 2. The molecule has 1 aliphatic rings. The fourth-order valence-electron chi connectivity index (χ4n) is 3.82. The third kappa shape index (κ3) is 4.44. The van der Waals surface area contributed by atoms with Gasteiger partial charge in [-0.1, -0.05) is 20.3 Å². The van der Waals surface area contributed by atoms with Gasteiger partial charge in [0.05, 0.1) is 23.7 Å². The lowest BCUT2D eigenvalue weighted by Gasteiger charge is -2.23. The number of ether oxygens (including phenoxy) is 2. The molecule has 0 aliphatic carbocycles. The number of furan rings is 1. The number of aromatic nitrogens is 1. The summed E-state index contributed by atoms with van der Waals surface area (Å²) in [6, 6.07) is 6.03. The van der Waals surface area contributed by atoms with E-state index in [-0.39, 0.29) is 30.7 Å². The van der Waals surface area contributed by atoms with Gasteiger partial charge in [0.25, 0.3) is 5.91 Å². The summed E-state index contributed by atoms with van der Waals surface area (Å²) in [4.78, 5) is 39.3. The van der Waals surface area contributed by atoms with Crippen LogP contribution in [0.3, 0.4) is 0 Å². The predicted molar refractivity (Wildman–Crippen MR) is 121 cm³/mol. The molecule has 0 unspecified atom stereocenters. The SMILES string of the molecule is CC[C@H](C)[C@H](NC(=O)c1cn(CC)c2cc3c(cc2c1=O)OCO3)C(=O)NCc1ccco1. The van der Waals surface area contributed by atoms with Gasteiger partial charge in [-0.25, -0.2) is 0 Å². The Morgan fingerprint density at radius 3 is 2.61 bits per heavy atom. The van der Waals surface area contributed by atoms with Gasteiger partial charge in [0, 0.05) is 18.8 Å². The van der Waals surface area contributed by atoms with Gasteiger partial charge in [0.1, 0.15) is 17.4 Å². The Labute approximate surface area is 190 Å². The van der Waals surface area contributed by atoms with Crippen LogP contribution >= 0.6 is 0 Å². The molecule has 9 nitrogen and oxygen atoms in total. The first kappa shape index (κ1) is 22.4. The van der Waals surface area contributed by atoms with Gasteiger partial charge in [0.15, 0.2) is 11.5 Å². The molecule has 3 aromatic rings. The van der Waals surface area contributed by atoms with Gasteiger partial charge in [-0.2, -0.15) is 0 Å². The van der Waals surface area contributed by atoms with Crippen LogP contribution in [0.4, 0.5) is 0 Å². The summed E-state index contributed by atoms with van der Waals surface area (Å²) in [7, 11) is 0. The highest BCUT2D eigenvalue weighted by Crippen LogP contribution is 2.35. The maximum Gasteiger partial charge on any atom is 0.257 e. The van der Waals surface area contributed by atoms with Crippen LogP contribution in [-0.4, -0.2) is 29.2 Å². The van der Waals surface area contributed by atoms with Crippen LogP contribution < -0.4 is 25.5 Å². The molecule has 0 fully saturated rings. The molecule has 33 heavy (non-hydrogen) atoms. The van der Waals surface area contributed by atoms with Crippen molar-refractivity contribution in [1.29, 1.82) is 0 Å². The molecule has 2 aromatic heterocycles. The maximum atomic E-state index is 13.2. The smallest absolute Gasteiger partial charge is 0.257 e. The summed E-state index contributed by atoms with van der Waals surface area (Å²) >= 11 is 0. The molecule has 9 heteroatoms. The maximum absolute atomic E-state index is 13.2. The summed E-state index contributed by atoms with van der Waals surface area (Å²) in [6.45, 7) is 6.56. The highest BCUT2D eigenvalue weighted by atomic mass is 16.7. The van der Waals surface area contributed by atoms with Crippen LogP contribution in [-0.2, 0) is 17.9 Å². The molecule has 0 saturated heterocycles. The number of hydrogen-bond acceptors (Lipinski definition) is 6. The molecule has 2 N–H and O–H groups in total. The van der Waals surface area contributed by atoms with Crippen molar-refractivity contribution in [1.82, 2.24) is 15.2 Å². The number of carbonyl (C=O) groups is 2. The van der Waals surface area contributed by atoms with Crippen molar-refractivity contribution in [2.75, 3.05) is 6.79 Å². The lowest BCUT2D eigenvalue weighted by molar-refractivity contribution is -0.124. The van der Waals surface area contributed by atoms with Gasteiger partial charge < -0.3 is 29.1 Å². The minimum absolute atomic E-state index is 0.0321. The number of carbonyl (C=O) groups excluding carboxylic acids is 2. The van der Waals surface area contributed by atoms with Crippen LogP contribution in [0.15, 0.2) is 45.9 Å². The van der Waals surface area contributed by atoms with Crippen LogP contribution in [0.5, 0.6) is 11.5 Å². The van der Waals surface area contributed by atoms with E-state index in [9.17, 15) is 14.4 Å². The molecule has 4 rings (SSSR count). The van der Waals surface area contributed by atoms with Gasteiger partial charge in [-0.3, -0.25) is 14.4 Å². The summed E-state index contributed by atoms with van der Waals surface area (Å²) in [6.07, 6.45) is 3.72. The van der Waals surface area contributed by atoms with E-state index in [2.05, 4.69) is 10.6 Å². The van der Waals surface area contributed by atoms with Crippen molar-refractivity contribution >= 4 is 22.7 Å². The van der Waals surface area contributed by atoms with Crippen LogP contribution in [0, 0.1) is 5.92 Å². The lowest BCUT2D eigenvalue weighted by atomic mass is 9.97. The number of amides is 2. The highest BCUT2D eigenvalue weighted by Gasteiger charge is 2.28. The third-order valence-corrected chi connectivity index (χ3v) is 5.96. The third-order valence-electron chi connectivity index (χ3n) is 5.96. The Kier molecular flexibility index (Phi) is 6.39. The molecule has 174 valence electrons. The van der Waals surface area contributed by atoms with E-state index in [0.717, 1.165) is 0 Å². The van der Waals surface area contributed by atoms with Gasteiger partial charge in [-0.15, -0.1) is 0 Å². The average Bonchev–Trinajstić information content (AvgIpc) is 3.51. The van der Waals surface area contributed by atoms with Crippen molar-refractivity contribution in [2.45, 2.75) is 46.3 Å². The zero-order chi connectivity index (χ0) is 23.5. The number of pyridine rings is 1. The zero-order valence-electron chi connectivity index (χ0n) is 18.8. The molecule has 0 spiro atoms. The second kappa shape index (κ2) is 9.40. The number of benzene rings is 1. The van der Waals surface area contributed by atoms with E-state index >= 15 is 0 Å². The normalized spacial score (nSPS) is 14.2. The quantitative estimate of drug-likeness (QED) is 0.543. The molecule has 2 amide bonds. The molecule has 0 radical (unpaired) electrons. The molecule has 1 aromatic carbocycles. The zero-order valence-corrected chi connectivity index (χ0v) is 18.8. The monoisotopic (exact) mass is 453 g/mol. The number of nitrogens with one attached hydrogen (secondary N) is 2. The summed E-state index contributed by atoms with van der Waals surface area (Å²) in [5.41, 5.74) is 0.192. The number of nitrogens with zero attached hydrogens (tertiary/aromatic N) is 1. The molecular weight excluding hydrogens is 426 g/mol. The predicted octanol–water partition coefficient (Wildman–Crippen LogP) is 2.80. The largest absolute Gasteiger partial charge is 0.467 e. The summed E-state index contributed by atoms with van der Waals surface area (Å²) in [5, 5.41) is 5.92. The average molecular weight is 453 g/mol. The van der Waals surface area contributed by atoms with Crippen LogP contribution in [0.25, 0.3) is 10.9 Å². The second-order valence-electron chi connectivity index (χ2n) is 8.01. The van der Waals surface area contributed by atoms with E-state index in [1.54, 1.807) is 24.3 Å². The van der Waals surface area contributed by atoms with Crippen molar-refractivity contribution in [2.24, 2.45) is 5.92 Å². The first-order chi connectivity index (χ1) is 15.9. The number of rotatable bonds is 8. The summed E-state index contributed by atoms with van der Waals surface area (Å²) in [5.74, 6) is 0.556. The Morgan fingerprint density at radius 2 is 1.94 bits per heavy atom. The lowest BCUT2D eigenvalue weighted by Crippen LogP contribution is -2.50. The van der Waals surface area contributed by atoms with Gasteiger partial charge >= 0.3 is 0 Å². The van der Waals surface area contributed by atoms with Crippen LogP contribution in [0.1, 0.15) is 43.3 Å². The van der Waals surface area contributed by atoms with Gasteiger partial charge in [-0.05, 0) is 31.0 Å². The standard InChI is InChI=1S/C24H27N3O6/c1-4-14(3)21(24(30)25-11-15-7-6-8-31-15)26-23(29)17-12-27(5-2)18-10-20-19(32-13-33-20)9-16(18)22(17)28/h6-10,12,14,21H,4-5,11,13H2,1-3H3,(H,25,30)(H,26,29)/t14-,21-/m0/s1. The minimum atomic E-state index is -0.806. The van der Waals surface area contributed by atoms with E-state index in [1.807, 2.05) is 25.3 Å². The first-order valence-corrected chi connectivity index (χ1v) is 11.0. The van der Waals surface area contributed by atoms with E-state index < -0.39 is 17.4 Å². The fourth-order valence-corrected chi connectivity index (χ4v) is 3.82.